The van der Waals surface area contributed by atoms with Gasteiger partial charge < -0.3 is 10.2 Å². The van der Waals surface area contributed by atoms with Crippen LogP contribution in [0.15, 0.2) is 60.4 Å². The van der Waals surface area contributed by atoms with Crippen molar-refractivity contribution in [1.82, 2.24) is 9.97 Å². The molecule has 0 fully saturated rings. The molecule has 2 aromatic carbocycles. The van der Waals surface area contributed by atoms with Gasteiger partial charge in [-0.2, -0.15) is 0 Å². The summed E-state index contributed by atoms with van der Waals surface area (Å²) in [6, 6.07) is 10.8. The van der Waals surface area contributed by atoms with Crippen molar-refractivity contribution in [3.8, 4) is 16.9 Å². The Bertz CT molecular complexity index is 1020. The summed E-state index contributed by atoms with van der Waals surface area (Å²) < 4.78 is 18.6. The van der Waals surface area contributed by atoms with E-state index in [1.165, 1.54) is 17.7 Å². The van der Waals surface area contributed by atoms with Gasteiger partial charge in [0.05, 0.1) is 12.1 Å². The van der Waals surface area contributed by atoms with E-state index >= 15 is 0 Å². The van der Waals surface area contributed by atoms with Gasteiger partial charge in [0.25, 0.3) is 0 Å². The van der Waals surface area contributed by atoms with Crippen molar-refractivity contribution in [3.63, 3.8) is 0 Å². The second-order valence-electron chi connectivity index (χ2n) is 5.81. The largest absolute Gasteiger partial charge is 0.496 e. The number of hydrogen-bond donors (Lipinski definition) is 0. The predicted octanol–water partition coefficient (Wildman–Crippen LogP) is 4.98. The Labute approximate surface area is 161 Å². The van der Waals surface area contributed by atoms with Gasteiger partial charge in [0.2, 0.25) is 0 Å². The molecule has 2 aromatic heterocycles. The lowest BCUT2D eigenvalue weighted by Gasteiger charge is -2.11. The molecule has 27 heavy (non-hydrogen) atoms. The van der Waals surface area contributed by atoms with Crippen LogP contribution in [0.1, 0.15) is 10.6 Å². The first kappa shape index (κ1) is 20.5. The molecular weight excluding hydrogens is 363 g/mol. The van der Waals surface area contributed by atoms with Crippen LogP contribution in [0, 0.1) is 19.7 Å². The minimum absolute atomic E-state index is 0. The van der Waals surface area contributed by atoms with Gasteiger partial charge in [0, 0.05) is 46.6 Å². The maximum Gasteiger partial charge on any atom is 0.129 e. The molecule has 4 nitrogen and oxygen atoms in total. The molecule has 2 N–H and O–H groups in total. The molecule has 0 aliphatic carbocycles. The molecule has 4 rings (SSSR count). The van der Waals surface area contributed by atoms with E-state index in [9.17, 15) is 4.39 Å². The SMILES string of the molecule is COc1cc(F)ccc1-c1cncc2cc(C)ccc12.Cc1nccs1.O. The van der Waals surface area contributed by atoms with Gasteiger partial charge in [-0.25, -0.2) is 4.39 Å². The molecule has 0 radical (unpaired) electrons. The maximum atomic E-state index is 13.3. The maximum absolute atomic E-state index is 13.3. The number of ether oxygens (including phenoxy) is 1. The summed E-state index contributed by atoms with van der Waals surface area (Å²) in [6.45, 7) is 4.04. The van der Waals surface area contributed by atoms with Gasteiger partial charge >= 0.3 is 0 Å². The Balaban J connectivity index is 0.000000320. The molecule has 0 aliphatic heterocycles. The van der Waals surface area contributed by atoms with Gasteiger partial charge in [-0.3, -0.25) is 9.97 Å². The normalized spacial score (nSPS) is 9.93. The number of hydrogen-bond acceptors (Lipinski definition) is 4. The van der Waals surface area contributed by atoms with Crippen LogP contribution >= 0.6 is 11.3 Å². The first-order valence-corrected chi connectivity index (χ1v) is 9.01. The molecule has 0 aliphatic rings. The van der Waals surface area contributed by atoms with Crippen LogP contribution in [0.3, 0.4) is 0 Å². The van der Waals surface area contributed by atoms with Gasteiger partial charge in [0.1, 0.15) is 11.6 Å². The summed E-state index contributed by atoms with van der Waals surface area (Å²) in [7, 11) is 1.54. The number of thiazole rings is 1. The third-order valence-corrected chi connectivity index (χ3v) is 4.63. The van der Waals surface area contributed by atoms with Gasteiger partial charge in [-0.1, -0.05) is 17.7 Å². The molecule has 0 unspecified atom stereocenters. The van der Waals surface area contributed by atoms with Crippen molar-refractivity contribution in [2.45, 2.75) is 13.8 Å². The van der Waals surface area contributed by atoms with E-state index in [0.29, 0.717) is 5.75 Å². The summed E-state index contributed by atoms with van der Waals surface area (Å²) in [5.41, 5.74) is 2.97. The highest BCUT2D eigenvalue weighted by atomic mass is 32.1. The Morgan fingerprint density at radius 2 is 1.81 bits per heavy atom. The summed E-state index contributed by atoms with van der Waals surface area (Å²) in [5.74, 6) is 0.203. The highest BCUT2D eigenvalue weighted by molar-refractivity contribution is 7.09. The number of aryl methyl sites for hydroxylation is 2. The molecule has 0 bridgehead atoms. The van der Waals surface area contributed by atoms with Crippen LogP contribution in [-0.4, -0.2) is 22.6 Å². The minimum Gasteiger partial charge on any atom is -0.496 e. The van der Waals surface area contributed by atoms with Crippen molar-refractivity contribution < 1.29 is 14.6 Å². The molecule has 2 heterocycles. The molecule has 0 amide bonds. The Morgan fingerprint density at radius 3 is 2.44 bits per heavy atom. The molecule has 140 valence electrons. The highest BCUT2D eigenvalue weighted by Crippen LogP contribution is 2.34. The first-order valence-electron chi connectivity index (χ1n) is 8.13. The van der Waals surface area contributed by atoms with Gasteiger partial charge in [0.15, 0.2) is 0 Å². The van der Waals surface area contributed by atoms with Crippen LogP contribution in [0.25, 0.3) is 21.9 Å². The monoisotopic (exact) mass is 384 g/mol. The topological polar surface area (TPSA) is 66.5 Å². The first-order chi connectivity index (χ1) is 12.6. The number of methoxy groups -OCH3 is 1. The van der Waals surface area contributed by atoms with E-state index in [1.807, 2.05) is 25.4 Å². The molecule has 4 aromatic rings. The minimum atomic E-state index is -0.311. The molecule has 0 saturated carbocycles. The zero-order valence-corrected chi connectivity index (χ0v) is 16.2. The number of nitrogens with zero attached hydrogens (tertiary/aromatic N) is 2. The van der Waals surface area contributed by atoms with Crippen LogP contribution in [-0.2, 0) is 0 Å². The second-order valence-corrected chi connectivity index (χ2v) is 6.91. The van der Waals surface area contributed by atoms with Crippen LogP contribution < -0.4 is 4.74 Å². The van der Waals surface area contributed by atoms with E-state index in [2.05, 4.69) is 28.2 Å². The Kier molecular flexibility index (Phi) is 6.98. The Morgan fingerprint density at radius 1 is 1.00 bits per heavy atom. The van der Waals surface area contributed by atoms with Crippen molar-refractivity contribution in [2.75, 3.05) is 7.11 Å². The van der Waals surface area contributed by atoms with E-state index < -0.39 is 0 Å². The highest BCUT2D eigenvalue weighted by Gasteiger charge is 2.10. The van der Waals surface area contributed by atoms with E-state index in [1.54, 1.807) is 36.9 Å². The number of rotatable bonds is 2. The zero-order valence-electron chi connectivity index (χ0n) is 15.4. The summed E-state index contributed by atoms with van der Waals surface area (Å²) in [6.07, 6.45) is 5.43. The molecule has 6 heteroatoms. The average Bonchev–Trinajstić information content (AvgIpc) is 3.12. The lowest BCUT2D eigenvalue weighted by Crippen LogP contribution is -1.91. The standard InChI is InChI=1S/C17H14FNO.C4H5NS.H2O/c1-11-3-5-14-12(7-11)9-19-10-16(14)15-6-4-13(18)8-17(15)20-2;1-4-5-2-3-6-4;/h3-10H,1-2H3;2-3H,1H3;1H2. The van der Waals surface area contributed by atoms with Crippen molar-refractivity contribution in [1.29, 1.82) is 0 Å². The summed E-state index contributed by atoms with van der Waals surface area (Å²) in [5, 5.41) is 5.24. The van der Waals surface area contributed by atoms with Crippen molar-refractivity contribution >= 4 is 22.1 Å². The van der Waals surface area contributed by atoms with Crippen LogP contribution in [0.2, 0.25) is 0 Å². The number of halogens is 1. The van der Waals surface area contributed by atoms with Crippen LogP contribution in [0.4, 0.5) is 4.39 Å². The van der Waals surface area contributed by atoms with Crippen LogP contribution in [0.5, 0.6) is 5.75 Å². The quantitative estimate of drug-likeness (QED) is 0.489. The lowest BCUT2D eigenvalue weighted by atomic mass is 9.99. The Hall–Kier alpha value is -2.83. The summed E-state index contributed by atoms with van der Waals surface area (Å²) >= 11 is 1.67. The number of fused-ring (bicyclic) bond motifs is 1. The summed E-state index contributed by atoms with van der Waals surface area (Å²) in [4.78, 5) is 8.21. The third-order valence-electron chi connectivity index (χ3n) is 3.92. The fraction of sp³-hybridized carbons (Fsp3) is 0.143. The fourth-order valence-corrected chi connectivity index (χ4v) is 3.13. The second kappa shape index (κ2) is 9.21. The third kappa shape index (κ3) is 4.87. The van der Waals surface area contributed by atoms with E-state index in [-0.39, 0.29) is 11.3 Å². The van der Waals surface area contributed by atoms with Crippen molar-refractivity contribution in [3.05, 3.63) is 76.8 Å². The zero-order chi connectivity index (χ0) is 18.5. The van der Waals surface area contributed by atoms with Gasteiger partial charge in [-0.15, -0.1) is 11.3 Å². The van der Waals surface area contributed by atoms with Crippen molar-refractivity contribution in [2.24, 2.45) is 0 Å². The number of pyridine rings is 1. The molecule has 0 saturated heterocycles. The average molecular weight is 384 g/mol. The molecule has 0 spiro atoms. The fourth-order valence-electron chi connectivity index (χ4n) is 2.69. The smallest absolute Gasteiger partial charge is 0.129 e. The molecular formula is C21H21FN2O2S. The van der Waals surface area contributed by atoms with Gasteiger partial charge in [-0.05, 0) is 37.4 Å². The number of benzene rings is 2. The number of aromatic nitrogens is 2. The lowest BCUT2D eigenvalue weighted by molar-refractivity contribution is 0.413. The molecule has 0 atom stereocenters. The predicted molar refractivity (Wildman–Crippen MR) is 109 cm³/mol. The van der Waals surface area contributed by atoms with E-state index in [4.69, 9.17) is 4.74 Å². The van der Waals surface area contributed by atoms with E-state index in [0.717, 1.165) is 26.9 Å².